The summed E-state index contributed by atoms with van der Waals surface area (Å²) in [6.07, 6.45) is 1.38. The lowest BCUT2D eigenvalue weighted by atomic mass is 10.1. The minimum Gasteiger partial charge on any atom is -0.396 e. The van der Waals surface area contributed by atoms with E-state index in [4.69, 9.17) is 5.11 Å². The number of rotatable bonds is 6. The molecule has 0 fully saturated rings. The number of aliphatic hydroxyl groups excluding tert-OH is 1. The van der Waals surface area contributed by atoms with E-state index in [2.05, 4.69) is 15.0 Å². The normalized spacial score (nSPS) is 12.2. The summed E-state index contributed by atoms with van der Waals surface area (Å²) >= 11 is 1.28. The first-order valence-corrected chi connectivity index (χ1v) is 6.47. The first-order valence-electron chi connectivity index (χ1n) is 5.69. The summed E-state index contributed by atoms with van der Waals surface area (Å²) in [6, 6.07) is 0.0107. The molecule has 0 bridgehead atoms. The number of nitrogens with zero attached hydrogens (tertiary/aromatic N) is 1. The summed E-state index contributed by atoms with van der Waals surface area (Å²) < 4.78 is 4.16. The highest BCUT2D eigenvalue weighted by molar-refractivity contribution is 7.10. The number of hydrogen-bond donors (Lipinski definition) is 3. The van der Waals surface area contributed by atoms with E-state index in [9.17, 15) is 4.79 Å². The molecule has 1 unspecified atom stereocenters. The van der Waals surface area contributed by atoms with Gasteiger partial charge in [-0.3, -0.25) is 4.79 Å². The number of nitrogens with one attached hydrogen (secondary N) is 2. The molecule has 6 heteroatoms. The Morgan fingerprint density at radius 1 is 1.59 bits per heavy atom. The Kier molecular flexibility index (Phi) is 5.37. The minimum atomic E-state index is -0.124. The van der Waals surface area contributed by atoms with Crippen LogP contribution in [0.2, 0.25) is 0 Å². The maximum absolute atomic E-state index is 12.1. The molecule has 96 valence electrons. The molecule has 1 aromatic heterocycles. The fourth-order valence-corrected chi connectivity index (χ4v) is 2.34. The van der Waals surface area contributed by atoms with Gasteiger partial charge >= 0.3 is 0 Å². The van der Waals surface area contributed by atoms with Crippen molar-refractivity contribution >= 4 is 22.4 Å². The zero-order valence-corrected chi connectivity index (χ0v) is 11.2. The number of carbonyl (C=O) groups excluding carboxylic acids is 1. The molecule has 0 aliphatic carbocycles. The molecule has 1 amide bonds. The third-order valence-corrected chi connectivity index (χ3v) is 3.58. The number of carbonyl (C=O) groups is 1. The van der Waals surface area contributed by atoms with Crippen molar-refractivity contribution in [1.29, 1.82) is 0 Å². The van der Waals surface area contributed by atoms with E-state index in [1.54, 1.807) is 7.05 Å². The Bertz CT molecular complexity index is 379. The lowest BCUT2D eigenvalue weighted by Gasteiger charge is -2.15. The van der Waals surface area contributed by atoms with Gasteiger partial charge in [0.2, 0.25) is 0 Å². The lowest BCUT2D eigenvalue weighted by Crippen LogP contribution is -2.35. The molecule has 0 aromatic carbocycles. The third-order valence-electron chi connectivity index (χ3n) is 2.62. The second-order valence-corrected chi connectivity index (χ2v) is 4.59. The van der Waals surface area contributed by atoms with Gasteiger partial charge in [0.05, 0.1) is 11.3 Å². The average Bonchev–Trinajstić information content (AvgIpc) is 2.69. The molecule has 1 aromatic rings. The smallest absolute Gasteiger partial charge is 0.256 e. The van der Waals surface area contributed by atoms with Gasteiger partial charge in [0.15, 0.2) is 0 Å². The molecule has 1 atom stereocenters. The molecule has 0 aliphatic rings. The Balaban J connectivity index is 2.78. The summed E-state index contributed by atoms with van der Waals surface area (Å²) in [4.78, 5) is 12.1. The summed E-state index contributed by atoms with van der Waals surface area (Å²) in [5.74, 6) is -0.124. The topological polar surface area (TPSA) is 74.2 Å². The van der Waals surface area contributed by atoms with E-state index in [1.807, 2.05) is 13.8 Å². The molecule has 0 spiro atoms. The van der Waals surface area contributed by atoms with Crippen molar-refractivity contribution < 1.29 is 9.90 Å². The molecule has 17 heavy (non-hydrogen) atoms. The number of aryl methyl sites for hydroxylation is 1. The Hall–Kier alpha value is -1.14. The number of hydrogen-bond acceptors (Lipinski definition) is 5. The second-order valence-electron chi connectivity index (χ2n) is 3.81. The fourth-order valence-electron chi connectivity index (χ4n) is 1.60. The second kappa shape index (κ2) is 6.56. The van der Waals surface area contributed by atoms with Crippen LogP contribution in [-0.4, -0.2) is 35.1 Å². The number of aliphatic hydroxyl groups is 1. The Morgan fingerprint density at radius 2 is 2.29 bits per heavy atom. The highest BCUT2D eigenvalue weighted by Crippen LogP contribution is 2.23. The van der Waals surface area contributed by atoms with Gasteiger partial charge in [-0.1, -0.05) is 6.92 Å². The van der Waals surface area contributed by atoms with E-state index in [-0.39, 0.29) is 18.6 Å². The first-order chi connectivity index (χ1) is 8.13. The minimum absolute atomic E-state index is 0.0107. The van der Waals surface area contributed by atoms with Gasteiger partial charge in [-0.15, -0.1) is 0 Å². The number of amides is 1. The van der Waals surface area contributed by atoms with Crippen LogP contribution in [0, 0.1) is 6.92 Å². The summed E-state index contributed by atoms with van der Waals surface area (Å²) in [7, 11) is 1.77. The monoisotopic (exact) mass is 257 g/mol. The van der Waals surface area contributed by atoms with E-state index >= 15 is 0 Å². The standard InChI is InChI=1S/C11H19N3O2S/c1-4-8(5-6-15)13-10(16)9-7(2)14-17-11(9)12-3/h8,12,15H,4-6H2,1-3H3,(H,13,16). The van der Waals surface area contributed by atoms with Crippen LogP contribution >= 0.6 is 11.5 Å². The van der Waals surface area contributed by atoms with Gasteiger partial charge in [0.25, 0.3) is 5.91 Å². The van der Waals surface area contributed by atoms with Gasteiger partial charge in [0, 0.05) is 19.7 Å². The molecule has 1 rings (SSSR count). The van der Waals surface area contributed by atoms with E-state index < -0.39 is 0 Å². The van der Waals surface area contributed by atoms with Gasteiger partial charge in [-0.05, 0) is 31.3 Å². The van der Waals surface area contributed by atoms with Gasteiger partial charge in [-0.25, -0.2) is 0 Å². The highest BCUT2D eigenvalue weighted by Gasteiger charge is 2.19. The maximum Gasteiger partial charge on any atom is 0.256 e. The summed E-state index contributed by atoms with van der Waals surface area (Å²) in [5.41, 5.74) is 1.34. The van der Waals surface area contributed by atoms with Crippen molar-refractivity contribution in [3.05, 3.63) is 11.3 Å². The third kappa shape index (κ3) is 3.41. The van der Waals surface area contributed by atoms with Crippen molar-refractivity contribution in [2.75, 3.05) is 19.0 Å². The molecule has 0 saturated heterocycles. The molecule has 1 heterocycles. The molecular formula is C11H19N3O2S. The van der Waals surface area contributed by atoms with Crippen molar-refractivity contribution in [1.82, 2.24) is 9.69 Å². The van der Waals surface area contributed by atoms with E-state index in [0.29, 0.717) is 12.0 Å². The van der Waals surface area contributed by atoms with Crippen LogP contribution in [0.15, 0.2) is 0 Å². The summed E-state index contributed by atoms with van der Waals surface area (Å²) in [6.45, 7) is 3.89. The Morgan fingerprint density at radius 3 is 2.82 bits per heavy atom. The zero-order chi connectivity index (χ0) is 12.8. The summed E-state index contributed by atoms with van der Waals surface area (Å²) in [5, 5.41) is 15.5. The van der Waals surface area contributed by atoms with Crippen LogP contribution < -0.4 is 10.6 Å². The average molecular weight is 257 g/mol. The van der Waals surface area contributed by atoms with Gasteiger partial charge in [0.1, 0.15) is 5.00 Å². The number of aromatic nitrogens is 1. The largest absolute Gasteiger partial charge is 0.396 e. The van der Waals surface area contributed by atoms with Crippen molar-refractivity contribution in [3.63, 3.8) is 0 Å². The first kappa shape index (κ1) is 13.9. The van der Waals surface area contributed by atoms with Gasteiger partial charge < -0.3 is 15.7 Å². The lowest BCUT2D eigenvalue weighted by molar-refractivity contribution is 0.0929. The van der Waals surface area contributed by atoms with Crippen LogP contribution in [0.4, 0.5) is 5.00 Å². The van der Waals surface area contributed by atoms with Crippen molar-refractivity contribution in [2.24, 2.45) is 0 Å². The highest BCUT2D eigenvalue weighted by atomic mass is 32.1. The molecule has 0 aliphatic heterocycles. The SMILES string of the molecule is CCC(CCO)NC(=O)c1c(C)nsc1NC. The fraction of sp³-hybridized carbons (Fsp3) is 0.636. The van der Waals surface area contributed by atoms with E-state index in [1.165, 1.54) is 11.5 Å². The quantitative estimate of drug-likeness (QED) is 0.720. The molecule has 0 radical (unpaired) electrons. The maximum atomic E-state index is 12.1. The molecular weight excluding hydrogens is 238 g/mol. The van der Waals surface area contributed by atoms with Crippen LogP contribution in [0.3, 0.4) is 0 Å². The van der Waals surface area contributed by atoms with Crippen LogP contribution in [-0.2, 0) is 0 Å². The van der Waals surface area contributed by atoms with Crippen LogP contribution in [0.25, 0.3) is 0 Å². The molecule has 5 nitrogen and oxygen atoms in total. The zero-order valence-electron chi connectivity index (χ0n) is 10.4. The Labute approximate surface area is 105 Å². The number of anilines is 1. The van der Waals surface area contributed by atoms with Crippen LogP contribution in [0.5, 0.6) is 0 Å². The van der Waals surface area contributed by atoms with Crippen molar-refractivity contribution in [3.8, 4) is 0 Å². The van der Waals surface area contributed by atoms with Crippen molar-refractivity contribution in [2.45, 2.75) is 32.7 Å². The van der Waals surface area contributed by atoms with E-state index in [0.717, 1.165) is 17.1 Å². The molecule has 0 saturated carbocycles. The predicted molar refractivity (Wildman–Crippen MR) is 69.6 cm³/mol. The predicted octanol–water partition coefficient (Wildman–Crippen LogP) is 1.38. The van der Waals surface area contributed by atoms with Gasteiger partial charge in [-0.2, -0.15) is 4.37 Å². The van der Waals surface area contributed by atoms with Crippen LogP contribution in [0.1, 0.15) is 35.8 Å². The molecule has 3 N–H and O–H groups in total.